The van der Waals surface area contributed by atoms with Crippen molar-refractivity contribution in [2.45, 2.75) is 56.7 Å². The molecule has 104 valence electrons. The van der Waals surface area contributed by atoms with E-state index in [1.54, 1.807) is 6.92 Å². The lowest BCUT2D eigenvalue weighted by molar-refractivity contribution is -0.138. The van der Waals surface area contributed by atoms with Gasteiger partial charge in [-0.05, 0) is 25.0 Å². The van der Waals surface area contributed by atoms with Crippen molar-refractivity contribution in [1.82, 2.24) is 5.32 Å². The summed E-state index contributed by atoms with van der Waals surface area (Å²) in [5, 5.41) is 12.2. The molecule has 0 aromatic heterocycles. The number of nitrogens with one attached hydrogen (secondary N) is 1. The van der Waals surface area contributed by atoms with E-state index < -0.39 is 5.97 Å². The van der Waals surface area contributed by atoms with Crippen LogP contribution in [-0.2, 0) is 9.59 Å². The van der Waals surface area contributed by atoms with Crippen LogP contribution in [0.5, 0.6) is 0 Å². The molecule has 3 atom stereocenters. The molecule has 0 saturated heterocycles. The van der Waals surface area contributed by atoms with Crippen LogP contribution in [0.4, 0.5) is 0 Å². The highest BCUT2D eigenvalue weighted by Gasteiger charge is 2.26. The quantitative estimate of drug-likeness (QED) is 0.779. The first-order valence-electron chi connectivity index (χ1n) is 6.57. The van der Waals surface area contributed by atoms with Crippen molar-refractivity contribution in [2.75, 3.05) is 6.26 Å². The third-order valence-electron chi connectivity index (χ3n) is 3.41. The van der Waals surface area contributed by atoms with E-state index in [2.05, 4.69) is 11.6 Å². The van der Waals surface area contributed by atoms with Crippen LogP contribution in [0.25, 0.3) is 0 Å². The number of amides is 1. The lowest BCUT2D eigenvalue weighted by Gasteiger charge is -2.31. The molecule has 1 aliphatic carbocycles. The molecular formula is C13H23NO3S. The maximum atomic E-state index is 11.9. The van der Waals surface area contributed by atoms with Gasteiger partial charge in [-0.25, -0.2) is 0 Å². The summed E-state index contributed by atoms with van der Waals surface area (Å²) < 4.78 is 0. The van der Waals surface area contributed by atoms with Gasteiger partial charge in [0.05, 0.1) is 0 Å². The first-order valence-corrected chi connectivity index (χ1v) is 7.85. The smallest absolute Gasteiger partial charge is 0.303 e. The maximum absolute atomic E-state index is 11.9. The summed E-state index contributed by atoms with van der Waals surface area (Å²) in [4.78, 5) is 22.4. The van der Waals surface area contributed by atoms with Crippen molar-refractivity contribution >= 4 is 23.6 Å². The Morgan fingerprint density at radius 1 is 1.33 bits per heavy atom. The van der Waals surface area contributed by atoms with Gasteiger partial charge in [-0.1, -0.05) is 19.8 Å². The summed E-state index contributed by atoms with van der Waals surface area (Å²) >= 11 is 1.82. The van der Waals surface area contributed by atoms with Gasteiger partial charge in [-0.15, -0.1) is 0 Å². The van der Waals surface area contributed by atoms with Gasteiger partial charge >= 0.3 is 5.97 Å². The largest absolute Gasteiger partial charge is 0.481 e. The monoisotopic (exact) mass is 273 g/mol. The van der Waals surface area contributed by atoms with E-state index in [0.29, 0.717) is 11.7 Å². The average molecular weight is 273 g/mol. The molecule has 0 aromatic carbocycles. The molecule has 18 heavy (non-hydrogen) atoms. The maximum Gasteiger partial charge on any atom is 0.303 e. The molecule has 0 heterocycles. The third-order valence-corrected chi connectivity index (χ3v) is 4.58. The summed E-state index contributed by atoms with van der Waals surface area (Å²) in [5.74, 6) is -0.941. The Morgan fingerprint density at radius 3 is 2.61 bits per heavy atom. The van der Waals surface area contributed by atoms with Crippen LogP contribution in [0.15, 0.2) is 0 Å². The van der Waals surface area contributed by atoms with Gasteiger partial charge in [0, 0.05) is 24.1 Å². The van der Waals surface area contributed by atoms with Gasteiger partial charge in [-0.2, -0.15) is 11.8 Å². The van der Waals surface area contributed by atoms with E-state index in [0.717, 1.165) is 12.8 Å². The molecule has 0 aromatic rings. The summed E-state index contributed by atoms with van der Waals surface area (Å²) in [6, 6.07) is 0.262. The van der Waals surface area contributed by atoms with Crippen molar-refractivity contribution in [1.29, 1.82) is 0 Å². The van der Waals surface area contributed by atoms with Crippen molar-refractivity contribution in [3.05, 3.63) is 0 Å². The number of thioether (sulfide) groups is 1. The fraction of sp³-hybridized carbons (Fsp3) is 0.846. The number of carbonyl (C=O) groups is 2. The van der Waals surface area contributed by atoms with E-state index in [1.807, 2.05) is 11.8 Å². The zero-order valence-electron chi connectivity index (χ0n) is 11.1. The van der Waals surface area contributed by atoms with Gasteiger partial charge in [0.15, 0.2) is 0 Å². The van der Waals surface area contributed by atoms with Gasteiger partial charge in [0.1, 0.15) is 0 Å². The van der Waals surface area contributed by atoms with Crippen LogP contribution < -0.4 is 5.32 Å². The first-order chi connectivity index (χ1) is 8.52. The Labute approximate surface area is 113 Å². The Balaban J connectivity index is 2.36. The molecule has 0 spiro atoms. The highest BCUT2D eigenvalue weighted by atomic mass is 32.2. The number of carboxylic acid groups (broad SMARTS) is 1. The van der Waals surface area contributed by atoms with Crippen LogP contribution in [0.2, 0.25) is 0 Å². The lowest BCUT2D eigenvalue weighted by Crippen LogP contribution is -2.44. The molecule has 4 nitrogen and oxygen atoms in total. The minimum absolute atomic E-state index is 0.00491. The van der Waals surface area contributed by atoms with Gasteiger partial charge in [-0.3, -0.25) is 9.59 Å². The molecule has 0 aliphatic heterocycles. The summed E-state index contributed by atoms with van der Waals surface area (Å²) in [5.41, 5.74) is 0. The second-order valence-corrected chi connectivity index (χ2v) is 6.22. The Morgan fingerprint density at radius 2 is 2.00 bits per heavy atom. The summed E-state index contributed by atoms with van der Waals surface area (Å²) in [6.07, 6.45) is 7.08. The van der Waals surface area contributed by atoms with Gasteiger partial charge in [0.25, 0.3) is 0 Å². The summed E-state index contributed by atoms with van der Waals surface area (Å²) in [7, 11) is 0. The second-order valence-electron chi connectivity index (χ2n) is 5.14. The molecule has 1 amide bonds. The number of aliphatic carboxylic acids is 1. The van der Waals surface area contributed by atoms with E-state index in [1.165, 1.54) is 12.8 Å². The fourth-order valence-electron chi connectivity index (χ4n) is 2.50. The Kier molecular flexibility index (Phi) is 6.54. The Bertz CT molecular complexity index is 296. The fourth-order valence-corrected chi connectivity index (χ4v) is 3.43. The van der Waals surface area contributed by atoms with Crippen LogP contribution in [0.1, 0.15) is 45.4 Å². The molecule has 1 fully saturated rings. The van der Waals surface area contributed by atoms with E-state index >= 15 is 0 Å². The molecule has 1 saturated carbocycles. The molecule has 0 radical (unpaired) electrons. The predicted octanol–water partition coefficient (Wildman–Crippen LogP) is 2.28. The van der Waals surface area contributed by atoms with Crippen molar-refractivity contribution in [3.8, 4) is 0 Å². The molecule has 5 heteroatoms. The van der Waals surface area contributed by atoms with E-state index in [-0.39, 0.29) is 24.3 Å². The van der Waals surface area contributed by atoms with Crippen LogP contribution in [0, 0.1) is 5.92 Å². The minimum Gasteiger partial charge on any atom is -0.481 e. The molecular weight excluding hydrogens is 250 g/mol. The van der Waals surface area contributed by atoms with Crippen LogP contribution in [-0.4, -0.2) is 34.5 Å². The van der Waals surface area contributed by atoms with E-state index in [4.69, 9.17) is 5.11 Å². The van der Waals surface area contributed by atoms with Gasteiger partial charge in [0.2, 0.25) is 5.91 Å². The highest BCUT2D eigenvalue weighted by Crippen LogP contribution is 2.27. The van der Waals surface area contributed by atoms with Crippen molar-refractivity contribution in [3.63, 3.8) is 0 Å². The minimum atomic E-state index is -0.838. The molecule has 0 bridgehead atoms. The number of carbonyl (C=O) groups excluding carboxylic acids is 1. The lowest BCUT2D eigenvalue weighted by atomic mass is 9.94. The average Bonchev–Trinajstić information content (AvgIpc) is 2.28. The number of hydrogen-bond acceptors (Lipinski definition) is 3. The standard InChI is InChI=1S/C13H23NO3S/c1-9(8-13(16)17)7-12(15)14-10-5-3-4-6-11(10)18-2/h9-11H,3-8H2,1-2H3,(H,14,15)(H,16,17). The van der Waals surface area contributed by atoms with Crippen molar-refractivity contribution in [2.24, 2.45) is 5.92 Å². The van der Waals surface area contributed by atoms with Gasteiger partial charge < -0.3 is 10.4 Å². The Hall–Kier alpha value is -0.710. The van der Waals surface area contributed by atoms with Crippen LogP contribution >= 0.6 is 11.8 Å². The molecule has 1 rings (SSSR count). The molecule has 2 N–H and O–H groups in total. The third kappa shape index (κ3) is 5.29. The van der Waals surface area contributed by atoms with E-state index in [9.17, 15) is 9.59 Å². The molecule has 1 aliphatic rings. The summed E-state index contributed by atoms with van der Waals surface area (Å²) in [6.45, 7) is 1.81. The number of hydrogen-bond donors (Lipinski definition) is 2. The zero-order chi connectivity index (χ0) is 13.5. The topological polar surface area (TPSA) is 66.4 Å². The first kappa shape index (κ1) is 15.3. The number of carboxylic acids is 1. The zero-order valence-corrected chi connectivity index (χ0v) is 12.0. The normalized spacial score (nSPS) is 25.4. The predicted molar refractivity (Wildman–Crippen MR) is 73.7 cm³/mol. The number of rotatable bonds is 6. The SMILES string of the molecule is CSC1CCCCC1NC(=O)CC(C)CC(=O)O. The van der Waals surface area contributed by atoms with Crippen LogP contribution in [0.3, 0.4) is 0 Å². The highest BCUT2D eigenvalue weighted by molar-refractivity contribution is 7.99. The second kappa shape index (κ2) is 7.67. The van der Waals surface area contributed by atoms with Crippen molar-refractivity contribution < 1.29 is 14.7 Å². The molecule has 3 unspecified atom stereocenters.